The maximum atomic E-state index is 12.3. The summed E-state index contributed by atoms with van der Waals surface area (Å²) >= 11 is 0. The molecule has 5 nitrogen and oxygen atoms in total. The molecule has 0 radical (unpaired) electrons. The van der Waals surface area contributed by atoms with Crippen molar-refractivity contribution >= 4 is 11.9 Å². The van der Waals surface area contributed by atoms with Crippen LogP contribution in [0.4, 0.5) is 0 Å². The van der Waals surface area contributed by atoms with Crippen LogP contribution in [0.5, 0.6) is 5.75 Å². The van der Waals surface area contributed by atoms with E-state index in [0.717, 1.165) is 18.4 Å². The first-order chi connectivity index (χ1) is 10.6. The molecule has 5 heteroatoms. The van der Waals surface area contributed by atoms with Crippen LogP contribution in [0.2, 0.25) is 0 Å². The van der Waals surface area contributed by atoms with Crippen molar-refractivity contribution in [2.45, 2.75) is 31.7 Å². The van der Waals surface area contributed by atoms with Gasteiger partial charge in [0.05, 0.1) is 19.6 Å². The molecule has 0 bridgehead atoms. The van der Waals surface area contributed by atoms with E-state index in [1.165, 1.54) is 0 Å². The first kappa shape index (κ1) is 16.1. The largest absolute Gasteiger partial charge is 0.497 e. The van der Waals surface area contributed by atoms with Gasteiger partial charge in [-0.2, -0.15) is 0 Å². The van der Waals surface area contributed by atoms with Crippen LogP contribution in [0.15, 0.2) is 36.4 Å². The van der Waals surface area contributed by atoms with Crippen molar-refractivity contribution in [2.75, 3.05) is 7.11 Å². The molecular formula is C17H21NO4. The van der Waals surface area contributed by atoms with E-state index < -0.39 is 12.0 Å². The lowest BCUT2D eigenvalue weighted by Gasteiger charge is -2.23. The third kappa shape index (κ3) is 4.35. The van der Waals surface area contributed by atoms with Gasteiger partial charge >= 0.3 is 5.97 Å². The second-order valence-corrected chi connectivity index (χ2v) is 5.41. The molecule has 0 saturated carbocycles. The highest BCUT2D eigenvalue weighted by Gasteiger charge is 2.24. The lowest BCUT2D eigenvalue weighted by molar-refractivity contribution is -0.138. The summed E-state index contributed by atoms with van der Waals surface area (Å²) in [5.74, 6) is -0.391. The highest BCUT2D eigenvalue weighted by atomic mass is 16.5. The number of ether oxygens (including phenoxy) is 1. The lowest BCUT2D eigenvalue weighted by atomic mass is 9.92. The zero-order valence-corrected chi connectivity index (χ0v) is 12.6. The first-order valence-corrected chi connectivity index (χ1v) is 7.41. The molecule has 2 unspecified atom stereocenters. The van der Waals surface area contributed by atoms with E-state index in [4.69, 9.17) is 9.84 Å². The third-order valence-corrected chi connectivity index (χ3v) is 3.85. The Bertz CT molecular complexity index is 550. The van der Waals surface area contributed by atoms with Gasteiger partial charge in [-0.3, -0.25) is 9.59 Å². The topological polar surface area (TPSA) is 75.6 Å². The average molecular weight is 303 g/mol. The van der Waals surface area contributed by atoms with Gasteiger partial charge in [-0.1, -0.05) is 24.3 Å². The summed E-state index contributed by atoms with van der Waals surface area (Å²) in [5, 5.41) is 12.0. The van der Waals surface area contributed by atoms with Gasteiger partial charge in [0.25, 0.3) is 0 Å². The van der Waals surface area contributed by atoms with Gasteiger partial charge in [-0.15, -0.1) is 0 Å². The molecule has 0 fully saturated rings. The molecule has 0 heterocycles. The summed E-state index contributed by atoms with van der Waals surface area (Å²) in [6, 6.07) is 6.57. The maximum absolute atomic E-state index is 12.3. The number of carboxylic acids is 1. The van der Waals surface area contributed by atoms with Gasteiger partial charge in [0.15, 0.2) is 0 Å². The molecule has 2 rings (SSSR count). The molecule has 0 saturated heterocycles. The standard InChI is InChI=1S/C17H21NO4/c1-22-14-9-7-12(8-10-14)15(11-16(19)20)18-17(21)13-5-3-2-4-6-13/h2-3,7-10,13,15H,4-6,11H2,1H3,(H,18,21)(H,19,20). The molecule has 0 spiro atoms. The summed E-state index contributed by atoms with van der Waals surface area (Å²) in [6.45, 7) is 0. The van der Waals surface area contributed by atoms with Crippen LogP contribution in [0.1, 0.15) is 37.3 Å². The molecule has 1 aliphatic carbocycles. The number of nitrogens with one attached hydrogen (secondary N) is 1. The summed E-state index contributed by atoms with van der Waals surface area (Å²) < 4.78 is 5.10. The van der Waals surface area contributed by atoms with Crippen molar-refractivity contribution < 1.29 is 19.4 Å². The number of benzene rings is 1. The second-order valence-electron chi connectivity index (χ2n) is 5.41. The van der Waals surface area contributed by atoms with Gasteiger partial charge in [0, 0.05) is 5.92 Å². The van der Waals surface area contributed by atoms with E-state index in [1.807, 2.05) is 6.08 Å². The van der Waals surface area contributed by atoms with E-state index in [9.17, 15) is 9.59 Å². The number of carbonyl (C=O) groups excluding carboxylic acids is 1. The minimum absolute atomic E-state index is 0.0699. The number of carboxylic acid groups (broad SMARTS) is 1. The van der Waals surface area contributed by atoms with Crippen molar-refractivity contribution in [3.8, 4) is 5.75 Å². The summed E-state index contributed by atoms with van der Waals surface area (Å²) in [7, 11) is 1.57. The van der Waals surface area contributed by atoms with Crippen LogP contribution in [0.3, 0.4) is 0 Å². The second kappa shape index (κ2) is 7.64. The van der Waals surface area contributed by atoms with Crippen LogP contribution in [-0.2, 0) is 9.59 Å². The number of amides is 1. The lowest BCUT2D eigenvalue weighted by Crippen LogP contribution is -2.35. The van der Waals surface area contributed by atoms with Crippen molar-refractivity contribution in [1.82, 2.24) is 5.32 Å². The number of hydrogen-bond donors (Lipinski definition) is 2. The molecule has 0 aromatic heterocycles. The van der Waals surface area contributed by atoms with Gasteiger partial charge in [-0.25, -0.2) is 0 Å². The fourth-order valence-electron chi connectivity index (χ4n) is 2.58. The third-order valence-electron chi connectivity index (χ3n) is 3.85. The minimum atomic E-state index is -0.940. The summed E-state index contributed by atoms with van der Waals surface area (Å²) in [4.78, 5) is 23.4. The monoisotopic (exact) mass is 303 g/mol. The van der Waals surface area contributed by atoms with E-state index >= 15 is 0 Å². The van der Waals surface area contributed by atoms with Crippen LogP contribution in [0.25, 0.3) is 0 Å². The van der Waals surface area contributed by atoms with Crippen LogP contribution in [0, 0.1) is 5.92 Å². The predicted octanol–water partition coefficient (Wildman–Crippen LogP) is 2.68. The number of rotatable bonds is 6. The van der Waals surface area contributed by atoms with Gasteiger partial charge in [0.2, 0.25) is 5.91 Å². The van der Waals surface area contributed by atoms with Crippen LogP contribution >= 0.6 is 0 Å². The Hall–Kier alpha value is -2.30. The molecule has 0 aliphatic heterocycles. The van der Waals surface area contributed by atoms with Crippen molar-refractivity contribution in [1.29, 1.82) is 0 Å². The fourth-order valence-corrected chi connectivity index (χ4v) is 2.58. The van der Waals surface area contributed by atoms with Crippen molar-refractivity contribution in [3.05, 3.63) is 42.0 Å². The number of methoxy groups -OCH3 is 1. The minimum Gasteiger partial charge on any atom is -0.497 e. The molecule has 2 N–H and O–H groups in total. The number of aliphatic carboxylic acids is 1. The Morgan fingerprint density at radius 1 is 1.32 bits per heavy atom. The molecule has 1 aromatic rings. The predicted molar refractivity (Wildman–Crippen MR) is 82.6 cm³/mol. The zero-order valence-electron chi connectivity index (χ0n) is 12.6. The van der Waals surface area contributed by atoms with Crippen molar-refractivity contribution in [2.24, 2.45) is 5.92 Å². The quantitative estimate of drug-likeness (QED) is 0.792. The van der Waals surface area contributed by atoms with E-state index in [-0.39, 0.29) is 18.2 Å². The average Bonchev–Trinajstić information content (AvgIpc) is 2.54. The fraction of sp³-hybridized carbons (Fsp3) is 0.412. The maximum Gasteiger partial charge on any atom is 0.305 e. The molecule has 2 atom stereocenters. The molecule has 22 heavy (non-hydrogen) atoms. The molecule has 1 aliphatic rings. The highest BCUT2D eigenvalue weighted by molar-refractivity contribution is 5.80. The smallest absolute Gasteiger partial charge is 0.305 e. The molecule has 1 aromatic carbocycles. The Balaban J connectivity index is 2.09. The SMILES string of the molecule is COc1ccc(C(CC(=O)O)NC(=O)C2CC=CCC2)cc1. The van der Waals surface area contributed by atoms with Gasteiger partial charge in [0.1, 0.15) is 5.75 Å². The van der Waals surface area contributed by atoms with E-state index in [2.05, 4.69) is 11.4 Å². The zero-order chi connectivity index (χ0) is 15.9. The normalized spacial score (nSPS) is 18.5. The Morgan fingerprint density at radius 2 is 2.05 bits per heavy atom. The first-order valence-electron chi connectivity index (χ1n) is 7.41. The molecule has 118 valence electrons. The summed E-state index contributed by atoms with van der Waals surface area (Å²) in [6.07, 6.45) is 6.36. The molecule has 1 amide bonds. The summed E-state index contributed by atoms with van der Waals surface area (Å²) in [5.41, 5.74) is 0.767. The molecular weight excluding hydrogens is 282 g/mol. The van der Waals surface area contributed by atoms with Crippen LogP contribution in [-0.4, -0.2) is 24.1 Å². The Morgan fingerprint density at radius 3 is 2.59 bits per heavy atom. The van der Waals surface area contributed by atoms with Crippen LogP contribution < -0.4 is 10.1 Å². The number of hydrogen-bond acceptors (Lipinski definition) is 3. The van der Waals surface area contributed by atoms with Gasteiger partial charge < -0.3 is 15.2 Å². The Labute approximate surface area is 130 Å². The van der Waals surface area contributed by atoms with Crippen molar-refractivity contribution in [3.63, 3.8) is 0 Å². The number of carbonyl (C=O) groups is 2. The number of allylic oxidation sites excluding steroid dienone is 2. The van der Waals surface area contributed by atoms with E-state index in [0.29, 0.717) is 12.2 Å². The van der Waals surface area contributed by atoms with Gasteiger partial charge in [-0.05, 0) is 37.0 Å². The Kier molecular flexibility index (Phi) is 5.58. The highest BCUT2D eigenvalue weighted by Crippen LogP contribution is 2.23. The van der Waals surface area contributed by atoms with E-state index in [1.54, 1.807) is 31.4 Å².